The van der Waals surface area contributed by atoms with Crippen LogP contribution >= 0.6 is 11.6 Å². The van der Waals surface area contributed by atoms with Gasteiger partial charge in [0, 0.05) is 16.1 Å². The smallest absolute Gasteiger partial charge is 0.311 e. The van der Waals surface area contributed by atoms with Crippen LogP contribution in [-0.2, 0) is 9.53 Å². The third-order valence-electron chi connectivity index (χ3n) is 3.62. The van der Waals surface area contributed by atoms with Crippen LogP contribution in [0.3, 0.4) is 0 Å². The van der Waals surface area contributed by atoms with Crippen LogP contribution in [0.15, 0.2) is 18.2 Å². The lowest BCUT2D eigenvalue weighted by Crippen LogP contribution is -2.27. The fraction of sp³-hybridized carbons (Fsp3) is 0.500. The molecule has 1 amide bonds. The van der Waals surface area contributed by atoms with Gasteiger partial charge < -0.3 is 10.1 Å². The van der Waals surface area contributed by atoms with E-state index >= 15 is 0 Å². The molecule has 0 aliphatic carbocycles. The number of amides is 1. The number of halogens is 1. The highest BCUT2D eigenvalue weighted by Crippen LogP contribution is 2.30. The molecule has 21 heavy (non-hydrogen) atoms. The van der Waals surface area contributed by atoms with E-state index in [9.17, 15) is 9.59 Å². The number of hydrogen-bond donors (Lipinski definition) is 1. The Morgan fingerprint density at radius 2 is 2.14 bits per heavy atom. The van der Waals surface area contributed by atoms with Crippen molar-refractivity contribution in [1.82, 2.24) is 5.32 Å². The van der Waals surface area contributed by atoms with E-state index in [4.69, 9.17) is 16.3 Å². The summed E-state index contributed by atoms with van der Waals surface area (Å²) < 4.78 is 5.49. The van der Waals surface area contributed by atoms with E-state index in [-0.39, 0.29) is 17.8 Å². The minimum Gasteiger partial charge on any atom is -0.437 e. The van der Waals surface area contributed by atoms with Crippen molar-refractivity contribution in [3.8, 4) is 0 Å². The topological polar surface area (TPSA) is 55.4 Å². The molecule has 0 radical (unpaired) electrons. The molecule has 1 heterocycles. The third kappa shape index (κ3) is 3.56. The Kier molecular flexibility index (Phi) is 4.88. The summed E-state index contributed by atoms with van der Waals surface area (Å²) in [6, 6.07) is 5.00. The highest BCUT2D eigenvalue weighted by molar-refractivity contribution is 6.31. The zero-order chi connectivity index (χ0) is 15.6. The molecule has 0 aromatic heterocycles. The number of rotatable bonds is 5. The van der Waals surface area contributed by atoms with Gasteiger partial charge in [0.2, 0.25) is 6.23 Å². The molecular formula is C16H20ClNO3. The fourth-order valence-electron chi connectivity index (χ4n) is 2.53. The molecule has 2 rings (SSSR count). The van der Waals surface area contributed by atoms with Crippen LogP contribution in [-0.4, -0.2) is 11.9 Å². The lowest BCUT2D eigenvalue weighted by Gasteiger charge is -2.19. The maximum absolute atomic E-state index is 12.2. The normalized spacial score (nSPS) is 18.3. The van der Waals surface area contributed by atoms with Gasteiger partial charge in [-0.3, -0.25) is 9.59 Å². The zero-order valence-electron chi connectivity index (χ0n) is 12.5. The molecule has 0 spiro atoms. The molecule has 2 atom stereocenters. The standard InChI is InChI=1S/C16H20ClNO3/c1-4-10(7-9(2)3)16(20)21-15-12-6-5-11(17)8-13(12)14(19)18-15/h5-6,8-10,15H,4,7H2,1-3H3,(H,18,19). The van der Waals surface area contributed by atoms with Crippen LogP contribution in [0.25, 0.3) is 0 Å². The van der Waals surface area contributed by atoms with E-state index in [1.54, 1.807) is 18.2 Å². The highest BCUT2D eigenvalue weighted by Gasteiger charge is 2.33. The summed E-state index contributed by atoms with van der Waals surface area (Å²) >= 11 is 5.88. The summed E-state index contributed by atoms with van der Waals surface area (Å²) in [7, 11) is 0. The van der Waals surface area contributed by atoms with Crippen molar-refractivity contribution >= 4 is 23.5 Å². The Hall–Kier alpha value is -1.55. The number of carbonyl (C=O) groups is 2. The molecule has 1 aliphatic heterocycles. The Morgan fingerprint density at radius 1 is 1.43 bits per heavy atom. The van der Waals surface area contributed by atoms with E-state index in [1.165, 1.54) is 0 Å². The molecule has 5 heteroatoms. The first-order valence-electron chi connectivity index (χ1n) is 7.23. The second kappa shape index (κ2) is 6.48. The number of benzene rings is 1. The predicted octanol–water partition coefficient (Wildman–Crippen LogP) is 3.70. The molecule has 0 bridgehead atoms. The molecule has 4 nitrogen and oxygen atoms in total. The summed E-state index contributed by atoms with van der Waals surface area (Å²) in [4.78, 5) is 24.1. The van der Waals surface area contributed by atoms with E-state index in [0.29, 0.717) is 22.1 Å². The van der Waals surface area contributed by atoms with E-state index < -0.39 is 6.23 Å². The third-order valence-corrected chi connectivity index (χ3v) is 3.86. The minimum absolute atomic E-state index is 0.141. The van der Waals surface area contributed by atoms with Crippen molar-refractivity contribution in [2.24, 2.45) is 11.8 Å². The van der Waals surface area contributed by atoms with Gasteiger partial charge in [-0.1, -0.05) is 38.4 Å². The van der Waals surface area contributed by atoms with Crippen molar-refractivity contribution in [3.63, 3.8) is 0 Å². The molecule has 1 N–H and O–H groups in total. The molecule has 1 aliphatic rings. The predicted molar refractivity (Wildman–Crippen MR) is 81.0 cm³/mol. The molecule has 2 unspecified atom stereocenters. The maximum Gasteiger partial charge on any atom is 0.311 e. The van der Waals surface area contributed by atoms with Crippen LogP contribution in [0.1, 0.15) is 55.8 Å². The number of carbonyl (C=O) groups excluding carboxylic acids is 2. The van der Waals surface area contributed by atoms with Gasteiger partial charge in [0.25, 0.3) is 5.91 Å². The molecule has 0 saturated carbocycles. The van der Waals surface area contributed by atoms with Gasteiger partial charge in [-0.25, -0.2) is 0 Å². The van der Waals surface area contributed by atoms with E-state index in [1.807, 2.05) is 6.92 Å². The van der Waals surface area contributed by atoms with Gasteiger partial charge in [0.1, 0.15) is 0 Å². The van der Waals surface area contributed by atoms with Crippen LogP contribution in [0.4, 0.5) is 0 Å². The Bertz CT molecular complexity index is 556. The largest absolute Gasteiger partial charge is 0.437 e. The van der Waals surface area contributed by atoms with Crippen LogP contribution in [0, 0.1) is 11.8 Å². The fourth-order valence-corrected chi connectivity index (χ4v) is 2.70. The highest BCUT2D eigenvalue weighted by atomic mass is 35.5. The van der Waals surface area contributed by atoms with E-state index in [0.717, 1.165) is 12.8 Å². The number of fused-ring (bicyclic) bond motifs is 1. The van der Waals surface area contributed by atoms with Crippen LogP contribution in [0.5, 0.6) is 0 Å². The monoisotopic (exact) mass is 309 g/mol. The first-order chi connectivity index (χ1) is 9.92. The second-order valence-electron chi connectivity index (χ2n) is 5.76. The first kappa shape index (κ1) is 15.8. The second-order valence-corrected chi connectivity index (χ2v) is 6.19. The number of esters is 1. The van der Waals surface area contributed by atoms with Gasteiger partial charge in [0.05, 0.1) is 5.92 Å². The molecule has 114 valence electrons. The molecule has 1 aromatic rings. The lowest BCUT2D eigenvalue weighted by atomic mass is 9.95. The summed E-state index contributed by atoms with van der Waals surface area (Å²) in [6.07, 6.45) is 0.799. The summed E-state index contributed by atoms with van der Waals surface area (Å²) in [5.41, 5.74) is 1.13. The average molecular weight is 310 g/mol. The van der Waals surface area contributed by atoms with Crippen molar-refractivity contribution in [1.29, 1.82) is 0 Å². The van der Waals surface area contributed by atoms with Gasteiger partial charge in [-0.2, -0.15) is 0 Å². The van der Waals surface area contributed by atoms with E-state index in [2.05, 4.69) is 19.2 Å². The number of nitrogens with one attached hydrogen (secondary N) is 1. The van der Waals surface area contributed by atoms with Crippen molar-refractivity contribution in [2.45, 2.75) is 39.8 Å². The molecule has 0 fully saturated rings. The van der Waals surface area contributed by atoms with Gasteiger partial charge in [0.15, 0.2) is 0 Å². The van der Waals surface area contributed by atoms with Crippen LogP contribution in [0.2, 0.25) is 5.02 Å². The number of ether oxygens (including phenoxy) is 1. The molecular weight excluding hydrogens is 290 g/mol. The molecule has 0 saturated heterocycles. The number of hydrogen-bond acceptors (Lipinski definition) is 3. The quantitative estimate of drug-likeness (QED) is 0.844. The van der Waals surface area contributed by atoms with Gasteiger partial charge in [-0.05, 0) is 30.9 Å². The van der Waals surface area contributed by atoms with Gasteiger partial charge in [-0.15, -0.1) is 0 Å². The Morgan fingerprint density at radius 3 is 2.76 bits per heavy atom. The van der Waals surface area contributed by atoms with Gasteiger partial charge >= 0.3 is 5.97 Å². The maximum atomic E-state index is 12.2. The Balaban J connectivity index is 2.11. The zero-order valence-corrected chi connectivity index (χ0v) is 13.2. The first-order valence-corrected chi connectivity index (χ1v) is 7.61. The SMILES string of the molecule is CCC(CC(C)C)C(=O)OC1NC(=O)c2cc(Cl)ccc21. The van der Waals surface area contributed by atoms with Crippen molar-refractivity contribution < 1.29 is 14.3 Å². The van der Waals surface area contributed by atoms with Crippen LogP contribution < -0.4 is 5.32 Å². The van der Waals surface area contributed by atoms with Crippen molar-refractivity contribution in [3.05, 3.63) is 34.3 Å². The summed E-state index contributed by atoms with van der Waals surface area (Å²) in [5, 5.41) is 3.16. The van der Waals surface area contributed by atoms with Crippen molar-refractivity contribution in [2.75, 3.05) is 0 Å². The minimum atomic E-state index is -0.710. The summed E-state index contributed by atoms with van der Waals surface area (Å²) in [6.45, 7) is 6.12. The average Bonchev–Trinajstić information content (AvgIpc) is 2.72. The lowest BCUT2D eigenvalue weighted by molar-refractivity contribution is -0.156. The Labute approximate surface area is 129 Å². The summed E-state index contributed by atoms with van der Waals surface area (Å²) in [5.74, 6) is -0.244. The molecule has 1 aromatic carbocycles.